The molecule has 2 aliphatic carbocycles. The van der Waals surface area contributed by atoms with Gasteiger partial charge in [-0.3, -0.25) is 15.0 Å². The molecule has 0 aromatic heterocycles. The molecule has 0 bridgehead atoms. The van der Waals surface area contributed by atoms with Gasteiger partial charge in [-0.1, -0.05) is 18.2 Å². The minimum atomic E-state index is -0.838. The average Bonchev–Trinajstić information content (AvgIpc) is 3.56. The summed E-state index contributed by atoms with van der Waals surface area (Å²) in [5.74, 6) is -0.852. The predicted molar refractivity (Wildman–Crippen MR) is 117 cm³/mol. The number of nitrogens with one attached hydrogen (secondary N) is 3. The molecule has 0 spiro atoms. The summed E-state index contributed by atoms with van der Waals surface area (Å²) in [6, 6.07) is 6.24. The fraction of sp³-hybridized carbons (Fsp3) is 0.522. The van der Waals surface area contributed by atoms with Gasteiger partial charge < -0.3 is 21.1 Å². The van der Waals surface area contributed by atoms with Crippen molar-refractivity contribution >= 4 is 34.8 Å². The second kappa shape index (κ2) is 6.96. The van der Waals surface area contributed by atoms with Gasteiger partial charge in [0.05, 0.1) is 23.2 Å². The molecule has 3 amide bonds. The molecule has 32 heavy (non-hydrogen) atoms. The van der Waals surface area contributed by atoms with Crippen LogP contribution in [0.2, 0.25) is 0 Å². The van der Waals surface area contributed by atoms with Crippen LogP contribution in [0.15, 0.2) is 24.3 Å². The molecule has 0 radical (unpaired) electrons. The van der Waals surface area contributed by atoms with E-state index >= 15 is 0 Å². The number of anilines is 1. The first-order valence-corrected chi connectivity index (χ1v) is 11.0. The number of carbonyl (C=O) groups is 3. The zero-order valence-electron chi connectivity index (χ0n) is 18.2. The number of carbonyl (C=O) groups excluding carboxylic acids is 3. The molecule has 1 saturated heterocycles. The maximum Gasteiger partial charge on any atom is 0.406 e. The summed E-state index contributed by atoms with van der Waals surface area (Å²) in [6.45, 7) is 4.02. The molecular formula is C23H28N5O4+. The Bertz CT molecular complexity index is 1090. The first-order valence-electron chi connectivity index (χ1n) is 11.0. The van der Waals surface area contributed by atoms with Gasteiger partial charge in [0.25, 0.3) is 11.8 Å². The van der Waals surface area contributed by atoms with Gasteiger partial charge in [-0.05, 0) is 19.9 Å². The van der Waals surface area contributed by atoms with Gasteiger partial charge in [0.2, 0.25) is 6.04 Å². The number of para-hydroxylation sites is 1. The number of ether oxygens (including phenoxy) is 1. The van der Waals surface area contributed by atoms with Crippen LogP contribution in [0.5, 0.6) is 0 Å². The Balaban J connectivity index is 1.27. The van der Waals surface area contributed by atoms with Crippen molar-refractivity contribution in [2.45, 2.75) is 62.8 Å². The Kier molecular flexibility index (Phi) is 4.53. The van der Waals surface area contributed by atoms with Crippen molar-refractivity contribution < 1.29 is 23.7 Å². The van der Waals surface area contributed by atoms with Crippen LogP contribution in [0.25, 0.3) is 0 Å². The van der Waals surface area contributed by atoms with E-state index < -0.39 is 11.9 Å². The van der Waals surface area contributed by atoms with Gasteiger partial charge in [0, 0.05) is 36.9 Å². The average molecular weight is 439 g/mol. The third-order valence-corrected chi connectivity index (χ3v) is 6.92. The van der Waals surface area contributed by atoms with Crippen molar-refractivity contribution in [2.24, 2.45) is 11.7 Å². The van der Waals surface area contributed by atoms with Gasteiger partial charge in [-0.25, -0.2) is 4.79 Å². The molecule has 1 aromatic carbocycles. The summed E-state index contributed by atoms with van der Waals surface area (Å²) in [5.41, 5.74) is 6.22. The molecule has 5 rings (SSSR count). The first kappa shape index (κ1) is 20.8. The van der Waals surface area contributed by atoms with E-state index in [1.807, 2.05) is 13.8 Å². The lowest BCUT2D eigenvalue weighted by molar-refractivity contribution is -0.466. The summed E-state index contributed by atoms with van der Waals surface area (Å²) in [6.07, 6.45) is 3.17. The Labute approximate surface area is 185 Å². The van der Waals surface area contributed by atoms with Crippen molar-refractivity contribution in [1.29, 1.82) is 5.41 Å². The van der Waals surface area contributed by atoms with Crippen molar-refractivity contribution in [3.63, 3.8) is 0 Å². The highest BCUT2D eigenvalue weighted by atomic mass is 16.5. The van der Waals surface area contributed by atoms with Crippen LogP contribution >= 0.6 is 0 Å². The zero-order valence-corrected chi connectivity index (χ0v) is 18.2. The number of amides is 3. The van der Waals surface area contributed by atoms with Gasteiger partial charge in [0.15, 0.2) is 5.71 Å². The minimum absolute atomic E-state index is 0.0486. The molecule has 2 saturated carbocycles. The molecule has 4 aliphatic rings. The molecule has 5 N–H and O–H groups in total. The molecular weight excluding hydrogens is 410 g/mol. The summed E-state index contributed by atoms with van der Waals surface area (Å²) in [5, 5.41) is 14.1. The smallest absolute Gasteiger partial charge is 0.372 e. The quantitative estimate of drug-likeness (QED) is 0.364. The summed E-state index contributed by atoms with van der Waals surface area (Å²) >= 11 is 0. The maximum absolute atomic E-state index is 13.1. The third kappa shape index (κ3) is 3.50. The Morgan fingerprint density at radius 2 is 2.03 bits per heavy atom. The van der Waals surface area contributed by atoms with E-state index in [0.717, 1.165) is 25.0 Å². The van der Waals surface area contributed by atoms with Crippen molar-refractivity contribution in [3.8, 4) is 0 Å². The van der Waals surface area contributed by atoms with Crippen LogP contribution < -0.4 is 16.4 Å². The van der Waals surface area contributed by atoms with Crippen LogP contribution in [0.1, 0.15) is 45.1 Å². The third-order valence-electron chi connectivity index (χ3n) is 6.92. The second-order valence-electron chi connectivity index (χ2n) is 9.94. The molecule has 168 valence electrons. The van der Waals surface area contributed by atoms with Crippen LogP contribution in [0.4, 0.5) is 5.69 Å². The molecule has 9 heteroatoms. The molecule has 9 nitrogen and oxygen atoms in total. The van der Waals surface area contributed by atoms with Crippen molar-refractivity contribution in [1.82, 2.24) is 5.32 Å². The van der Waals surface area contributed by atoms with Gasteiger partial charge >= 0.3 is 5.91 Å². The highest BCUT2D eigenvalue weighted by Gasteiger charge is 2.67. The number of nitrogens with zero attached hydrogens (tertiary/aromatic N) is 1. The van der Waals surface area contributed by atoms with Gasteiger partial charge in [-0.15, -0.1) is 0 Å². The van der Waals surface area contributed by atoms with E-state index in [0.29, 0.717) is 23.6 Å². The van der Waals surface area contributed by atoms with Crippen LogP contribution in [0, 0.1) is 11.3 Å². The monoisotopic (exact) mass is 438 g/mol. The standard InChI is InChI=1S/C23H27N5O4/c1-22(2)11-23(9-17(23)32-22)27-21(31)16-8-12-7-15(12)28(16)18(29)10-26-14-6-4-3-5-13(14)19(24)20(25)30/h3-6,12,16-17H,7-11H2,1-2H3,(H4-,24,25,26,27,30,31)/p+1/t12-,16+,17?,23?/m1/s1. The largest absolute Gasteiger partial charge is 0.406 e. The lowest BCUT2D eigenvalue weighted by Crippen LogP contribution is -2.50. The molecule has 1 aromatic rings. The number of primary amides is 1. The number of rotatable bonds is 7. The Morgan fingerprint density at radius 3 is 2.72 bits per heavy atom. The van der Waals surface area contributed by atoms with E-state index in [1.54, 1.807) is 28.8 Å². The minimum Gasteiger partial charge on any atom is -0.372 e. The second-order valence-corrected chi connectivity index (χ2v) is 9.94. The first-order chi connectivity index (χ1) is 15.1. The van der Waals surface area contributed by atoms with Gasteiger partial charge in [-0.2, -0.15) is 4.58 Å². The van der Waals surface area contributed by atoms with Crippen LogP contribution in [-0.4, -0.2) is 63.6 Å². The van der Waals surface area contributed by atoms with E-state index in [-0.39, 0.29) is 41.3 Å². The van der Waals surface area contributed by atoms with Crippen LogP contribution in [0.3, 0.4) is 0 Å². The molecule has 2 unspecified atom stereocenters. The molecule has 2 heterocycles. The summed E-state index contributed by atoms with van der Waals surface area (Å²) in [4.78, 5) is 37.7. The number of benzene rings is 1. The Hall–Kier alpha value is -3.07. The zero-order chi connectivity index (χ0) is 22.8. The number of fused-ring (bicyclic) bond motifs is 2. The van der Waals surface area contributed by atoms with E-state index in [1.165, 1.54) is 0 Å². The number of hydrogen-bond acceptors (Lipinski definition) is 6. The fourth-order valence-corrected chi connectivity index (χ4v) is 5.39. The maximum atomic E-state index is 13.1. The van der Waals surface area contributed by atoms with E-state index in [9.17, 15) is 14.4 Å². The highest BCUT2D eigenvalue weighted by molar-refractivity contribution is 6.44. The number of nitrogens with two attached hydrogens (primary N) is 1. The topological polar surface area (TPSA) is 137 Å². The lowest BCUT2D eigenvalue weighted by atomic mass is 9.98. The van der Waals surface area contributed by atoms with Crippen molar-refractivity contribution in [3.05, 3.63) is 29.8 Å². The molecule has 3 fully saturated rings. The molecule has 2 aliphatic heterocycles. The SMILES string of the molecule is CC1(C)CC2(NC(=O)[C@@H]3C[C@H]4CC4=[N+]3C(=O)CNc3ccccc3C(=N)C(N)=O)CC2O1. The predicted octanol–water partition coefficient (Wildman–Crippen LogP) is 0.550. The lowest BCUT2D eigenvalue weighted by Gasteiger charge is -2.22. The normalized spacial score (nSPS) is 30.9. The molecule has 4 atom stereocenters. The summed E-state index contributed by atoms with van der Waals surface area (Å²) in [7, 11) is 0. The van der Waals surface area contributed by atoms with Crippen molar-refractivity contribution in [2.75, 3.05) is 11.9 Å². The van der Waals surface area contributed by atoms with E-state index in [4.69, 9.17) is 15.9 Å². The van der Waals surface area contributed by atoms with E-state index in [2.05, 4.69) is 10.6 Å². The van der Waals surface area contributed by atoms with Gasteiger partial charge in [0.1, 0.15) is 12.3 Å². The van der Waals surface area contributed by atoms with Crippen LogP contribution in [-0.2, 0) is 19.1 Å². The highest BCUT2D eigenvalue weighted by Crippen LogP contribution is 2.54. The fourth-order valence-electron chi connectivity index (χ4n) is 5.39. The summed E-state index contributed by atoms with van der Waals surface area (Å²) < 4.78 is 7.61. The Morgan fingerprint density at radius 1 is 1.28 bits per heavy atom. The number of hydrogen-bond donors (Lipinski definition) is 4.